The zero-order valence-corrected chi connectivity index (χ0v) is 16.6. The topological polar surface area (TPSA) is 78.9 Å². The third kappa shape index (κ3) is 3.74. The SMILES string of the molecule is CC12CC(c3ccccc3O1)C(C(=O)Nc1cccc(C(F)(F)F)c1)C(=O)N2CCO. The van der Waals surface area contributed by atoms with Crippen LogP contribution < -0.4 is 10.1 Å². The Labute approximate surface area is 176 Å². The van der Waals surface area contributed by atoms with E-state index in [1.807, 2.05) is 0 Å². The zero-order chi connectivity index (χ0) is 22.4. The van der Waals surface area contributed by atoms with Gasteiger partial charge in [0.1, 0.15) is 11.7 Å². The number of ether oxygens (including phenoxy) is 1. The third-order valence-corrected chi connectivity index (χ3v) is 5.82. The van der Waals surface area contributed by atoms with E-state index in [9.17, 15) is 27.9 Å². The lowest BCUT2D eigenvalue weighted by molar-refractivity contribution is -0.176. The number of carbonyl (C=O) groups is 2. The Hall–Kier alpha value is -3.07. The first kappa shape index (κ1) is 21.2. The Morgan fingerprint density at radius 2 is 2.00 bits per heavy atom. The third-order valence-electron chi connectivity index (χ3n) is 5.82. The molecule has 2 aliphatic heterocycles. The van der Waals surface area contributed by atoms with Crippen LogP contribution in [-0.4, -0.2) is 40.7 Å². The number of aliphatic hydroxyl groups is 1. The van der Waals surface area contributed by atoms with Crippen molar-refractivity contribution in [1.82, 2.24) is 4.90 Å². The van der Waals surface area contributed by atoms with Crippen LogP contribution in [-0.2, 0) is 15.8 Å². The van der Waals surface area contributed by atoms with Crippen LogP contribution in [0.4, 0.5) is 18.9 Å². The van der Waals surface area contributed by atoms with Gasteiger partial charge in [-0.3, -0.25) is 9.59 Å². The van der Waals surface area contributed by atoms with Crippen molar-refractivity contribution in [1.29, 1.82) is 0 Å². The van der Waals surface area contributed by atoms with Crippen molar-refractivity contribution in [2.75, 3.05) is 18.5 Å². The predicted molar refractivity (Wildman–Crippen MR) is 105 cm³/mol. The summed E-state index contributed by atoms with van der Waals surface area (Å²) in [5.74, 6) is -2.38. The first-order valence-corrected chi connectivity index (χ1v) is 9.82. The molecule has 2 aromatic carbocycles. The first-order valence-electron chi connectivity index (χ1n) is 9.82. The minimum absolute atomic E-state index is 0.0302. The van der Waals surface area contributed by atoms with Crippen LogP contribution in [0.5, 0.6) is 5.75 Å². The number of piperidine rings is 1. The molecule has 0 radical (unpaired) electrons. The number of alkyl halides is 3. The van der Waals surface area contributed by atoms with Crippen LogP contribution in [0.2, 0.25) is 0 Å². The first-order chi connectivity index (χ1) is 14.6. The van der Waals surface area contributed by atoms with E-state index in [0.717, 1.165) is 12.1 Å². The van der Waals surface area contributed by atoms with Crippen LogP contribution in [0.1, 0.15) is 30.4 Å². The molecule has 1 fully saturated rings. The van der Waals surface area contributed by atoms with Crippen LogP contribution >= 0.6 is 0 Å². The summed E-state index contributed by atoms with van der Waals surface area (Å²) in [6, 6.07) is 11.3. The Balaban J connectivity index is 1.70. The monoisotopic (exact) mass is 434 g/mol. The molecular weight excluding hydrogens is 413 g/mol. The second kappa shape index (κ2) is 7.56. The Morgan fingerprint density at radius 1 is 1.26 bits per heavy atom. The van der Waals surface area contributed by atoms with E-state index in [2.05, 4.69) is 5.32 Å². The number of carbonyl (C=O) groups excluding carboxylic acids is 2. The van der Waals surface area contributed by atoms with Crippen LogP contribution in [0.25, 0.3) is 0 Å². The van der Waals surface area contributed by atoms with Crippen molar-refractivity contribution in [2.45, 2.75) is 31.2 Å². The van der Waals surface area contributed by atoms with Crippen molar-refractivity contribution in [3.63, 3.8) is 0 Å². The lowest BCUT2D eigenvalue weighted by Crippen LogP contribution is -2.64. The molecule has 164 valence electrons. The molecule has 6 nitrogen and oxygen atoms in total. The molecule has 1 saturated heterocycles. The summed E-state index contributed by atoms with van der Waals surface area (Å²) in [5, 5.41) is 11.9. The zero-order valence-electron chi connectivity index (χ0n) is 16.6. The fourth-order valence-corrected chi connectivity index (χ4v) is 4.45. The van der Waals surface area contributed by atoms with E-state index >= 15 is 0 Å². The molecule has 3 unspecified atom stereocenters. The number of halogens is 3. The normalized spacial score (nSPS) is 24.9. The molecule has 2 aliphatic rings. The van der Waals surface area contributed by atoms with Crippen LogP contribution in [0, 0.1) is 5.92 Å². The number of amides is 2. The Bertz CT molecular complexity index is 1030. The molecule has 3 atom stereocenters. The van der Waals surface area contributed by atoms with Gasteiger partial charge >= 0.3 is 6.18 Å². The molecule has 4 rings (SSSR count). The van der Waals surface area contributed by atoms with E-state index in [4.69, 9.17) is 4.74 Å². The van der Waals surface area contributed by atoms with Gasteiger partial charge in [-0.15, -0.1) is 0 Å². The summed E-state index contributed by atoms with van der Waals surface area (Å²) in [5.41, 5.74) is -1.28. The molecule has 0 saturated carbocycles. The fraction of sp³-hybridized carbons (Fsp3) is 0.364. The largest absolute Gasteiger partial charge is 0.468 e. The van der Waals surface area contributed by atoms with Gasteiger partial charge in [0.2, 0.25) is 11.8 Å². The molecule has 31 heavy (non-hydrogen) atoms. The summed E-state index contributed by atoms with van der Waals surface area (Å²) in [6.45, 7) is 1.38. The van der Waals surface area contributed by atoms with Gasteiger partial charge in [-0.05, 0) is 36.8 Å². The summed E-state index contributed by atoms with van der Waals surface area (Å²) in [7, 11) is 0. The summed E-state index contributed by atoms with van der Waals surface area (Å²) < 4.78 is 45.1. The van der Waals surface area contributed by atoms with Gasteiger partial charge in [-0.2, -0.15) is 13.2 Å². The number of para-hydroxylation sites is 1. The van der Waals surface area contributed by atoms with E-state index in [0.29, 0.717) is 17.7 Å². The van der Waals surface area contributed by atoms with Crippen molar-refractivity contribution in [2.24, 2.45) is 5.92 Å². The highest BCUT2D eigenvalue weighted by Gasteiger charge is 2.55. The number of aliphatic hydroxyl groups excluding tert-OH is 1. The molecule has 2 N–H and O–H groups in total. The van der Waals surface area contributed by atoms with Crippen LogP contribution in [0.15, 0.2) is 48.5 Å². The molecule has 0 spiro atoms. The van der Waals surface area contributed by atoms with Gasteiger partial charge < -0.3 is 20.1 Å². The van der Waals surface area contributed by atoms with Gasteiger partial charge in [-0.25, -0.2) is 0 Å². The number of hydrogen-bond donors (Lipinski definition) is 2. The van der Waals surface area contributed by atoms with E-state index in [-0.39, 0.29) is 18.8 Å². The van der Waals surface area contributed by atoms with E-state index in [1.165, 1.54) is 17.0 Å². The van der Waals surface area contributed by atoms with E-state index in [1.54, 1.807) is 31.2 Å². The van der Waals surface area contributed by atoms with Crippen molar-refractivity contribution in [3.8, 4) is 5.75 Å². The minimum Gasteiger partial charge on any atom is -0.468 e. The highest BCUT2D eigenvalue weighted by molar-refractivity contribution is 6.08. The number of hydrogen-bond acceptors (Lipinski definition) is 4. The van der Waals surface area contributed by atoms with Crippen molar-refractivity contribution < 1.29 is 32.6 Å². The Morgan fingerprint density at radius 3 is 2.71 bits per heavy atom. The number of benzene rings is 2. The van der Waals surface area contributed by atoms with E-state index < -0.39 is 41.1 Å². The molecule has 0 aliphatic carbocycles. The molecule has 2 aromatic rings. The molecule has 0 aromatic heterocycles. The number of likely N-dealkylation sites (tertiary alicyclic amines) is 1. The summed E-state index contributed by atoms with van der Waals surface area (Å²) >= 11 is 0. The maximum absolute atomic E-state index is 13.3. The molecule has 2 bridgehead atoms. The lowest BCUT2D eigenvalue weighted by Gasteiger charge is -2.52. The highest BCUT2D eigenvalue weighted by atomic mass is 19.4. The van der Waals surface area contributed by atoms with Crippen LogP contribution in [0.3, 0.4) is 0 Å². The predicted octanol–water partition coefficient (Wildman–Crippen LogP) is 3.38. The summed E-state index contributed by atoms with van der Waals surface area (Å²) in [6.07, 6.45) is -4.24. The standard InChI is InChI=1S/C22H21F3N2O4/c1-21-12-16(15-7-2-3-8-17(15)31-21)18(20(30)27(21)9-10-28)19(29)26-14-6-4-5-13(11-14)22(23,24)25/h2-8,11,16,18,28H,9-10,12H2,1H3,(H,26,29). The number of nitrogens with one attached hydrogen (secondary N) is 1. The fourth-order valence-electron chi connectivity index (χ4n) is 4.45. The number of β-amino-alcohol motifs (C(OH)–C–C–N with tert-alkyl or cyclic N) is 1. The number of anilines is 1. The Kier molecular flexibility index (Phi) is 5.17. The second-order valence-corrected chi connectivity index (χ2v) is 7.88. The van der Waals surface area contributed by atoms with Gasteiger partial charge in [0.25, 0.3) is 0 Å². The maximum atomic E-state index is 13.3. The summed E-state index contributed by atoms with van der Waals surface area (Å²) in [4.78, 5) is 27.8. The molecular formula is C22H21F3N2O4. The van der Waals surface area contributed by atoms with Crippen molar-refractivity contribution >= 4 is 17.5 Å². The smallest absolute Gasteiger partial charge is 0.416 e. The minimum atomic E-state index is -4.55. The van der Waals surface area contributed by atoms with Gasteiger partial charge in [0, 0.05) is 24.6 Å². The number of nitrogens with zero attached hydrogens (tertiary/aromatic N) is 1. The average molecular weight is 434 g/mol. The molecule has 2 amide bonds. The van der Waals surface area contributed by atoms with Gasteiger partial charge in [-0.1, -0.05) is 24.3 Å². The quantitative estimate of drug-likeness (QED) is 0.724. The average Bonchev–Trinajstić information content (AvgIpc) is 2.70. The highest BCUT2D eigenvalue weighted by Crippen LogP contribution is 2.50. The van der Waals surface area contributed by atoms with Gasteiger partial charge in [0.15, 0.2) is 5.72 Å². The van der Waals surface area contributed by atoms with Crippen molar-refractivity contribution in [3.05, 3.63) is 59.7 Å². The lowest BCUT2D eigenvalue weighted by atomic mass is 9.73. The number of fused-ring (bicyclic) bond motifs is 4. The van der Waals surface area contributed by atoms with Gasteiger partial charge in [0.05, 0.1) is 12.2 Å². The molecule has 2 heterocycles. The molecule has 9 heteroatoms. The second-order valence-electron chi connectivity index (χ2n) is 7.88. The number of rotatable bonds is 4. The maximum Gasteiger partial charge on any atom is 0.416 e.